The summed E-state index contributed by atoms with van der Waals surface area (Å²) in [4.78, 5) is 0. The van der Waals surface area contributed by atoms with Gasteiger partial charge in [-0.05, 0) is 46.5 Å². The molecule has 0 spiro atoms. The molecule has 2 rings (SSSR count). The van der Waals surface area contributed by atoms with E-state index in [9.17, 15) is 0 Å². The minimum atomic E-state index is 0.202. The summed E-state index contributed by atoms with van der Waals surface area (Å²) < 4.78 is 0.933. The van der Waals surface area contributed by atoms with Crippen molar-refractivity contribution in [3.05, 3.63) is 33.3 Å². The molecule has 0 heterocycles. The van der Waals surface area contributed by atoms with E-state index >= 15 is 0 Å². The van der Waals surface area contributed by atoms with Crippen LogP contribution in [0.1, 0.15) is 50.1 Å². The second kappa shape index (κ2) is 7.63. The van der Waals surface area contributed by atoms with Crippen molar-refractivity contribution in [2.75, 3.05) is 6.54 Å². The lowest BCUT2D eigenvalue weighted by Gasteiger charge is -2.24. The Bertz CT molecular complexity index is 403. The molecular weight excluding hydrogens is 324 g/mol. The molecule has 1 aliphatic rings. The maximum absolute atomic E-state index is 6.17. The lowest BCUT2D eigenvalue weighted by atomic mass is 10.0. The zero-order valence-corrected chi connectivity index (χ0v) is 13.5. The Kier molecular flexibility index (Phi) is 6.14. The largest absolute Gasteiger partial charge is 0.329 e. The highest BCUT2D eigenvalue weighted by Gasteiger charge is 2.18. The summed E-state index contributed by atoms with van der Waals surface area (Å²) in [5, 5.41) is 4.46. The maximum Gasteiger partial charge on any atom is 0.0551 e. The van der Waals surface area contributed by atoms with Gasteiger partial charge in [-0.15, -0.1) is 0 Å². The predicted octanol–water partition coefficient (Wildman–Crippen LogP) is 4.41. The zero-order chi connectivity index (χ0) is 13.7. The highest BCUT2D eigenvalue weighted by molar-refractivity contribution is 9.10. The van der Waals surface area contributed by atoms with Crippen LogP contribution in [-0.2, 0) is 0 Å². The summed E-state index contributed by atoms with van der Waals surface area (Å²) in [5.74, 6) is 0. The molecule has 0 saturated heterocycles. The van der Waals surface area contributed by atoms with Crippen LogP contribution in [0.25, 0.3) is 0 Å². The topological polar surface area (TPSA) is 38.0 Å². The summed E-state index contributed by atoms with van der Waals surface area (Å²) >= 11 is 9.59. The molecule has 0 bridgehead atoms. The van der Waals surface area contributed by atoms with Crippen LogP contribution in [0.15, 0.2) is 22.7 Å². The van der Waals surface area contributed by atoms with Gasteiger partial charge >= 0.3 is 0 Å². The van der Waals surface area contributed by atoms with E-state index < -0.39 is 0 Å². The molecule has 0 aromatic heterocycles. The van der Waals surface area contributed by atoms with E-state index in [-0.39, 0.29) is 6.04 Å². The highest BCUT2D eigenvalue weighted by Crippen LogP contribution is 2.27. The van der Waals surface area contributed by atoms with Crippen molar-refractivity contribution in [2.45, 2.75) is 50.6 Å². The Balaban J connectivity index is 2.03. The third kappa shape index (κ3) is 4.45. The Hall–Kier alpha value is -0.0900. The third-order valence-electron chi connectivity index (χ3n) is 3.87. The first kappa shape index (κ1) is 15.3. The lowest BCUT2D eigenvalue weighted by molar-refractivity contribution is 0.402. The van der Waals surface area contributed by atoms with Gasteiger partial charge in [0.15, 0.2) is 0 Å². The molecule has 0 aliphatic heterocycles. The van der Waals surface area contributed by atoms with E-state index in [2.05, 4.69) is 27.3 Å². The number of halogens is 2. The van der Waals surface area contributed by atoms with Crippen molar-refractivity contribution in [1.82, 2.24) is 5.32 Å². The average molecular weight is 346 g/mol. The summed E-state index contributed by atoms with van der Waals surface area (Å²) in [6.07, 6.45) is 7.93. The quantitative estimate of drug-likeness (QED) is 0.793. The van der Waals surface area contributed by atoms with Gasteiger partial charge in [0.25, 0.3) is 0 Å². The van der Waals surface area contributed by atoms with Crippen LogP contribution in [-0.4, -0.2) is 12.6 Å². The third-order valence-corrected chi connectivity index (χ3v) is 5.11. The highest BCUT2D eigenvalue weighted by atomic mass is 79.9. The van der Waals surface area contributed by atoms with Gasteiger partial charge < -0.3 is 11.1 Å². The molecule has 106 valence electrons. The molecule has 4 heteroatoms. The van der Waals surface area contributed by atoms with Gasteiger partial charge in [-0.1, -0.05) is 43.4 Å². The average Bonchev–Trinajstić information content (AvgIpc) is 2.68. The maximum atomic E-state index is 6.17. The van der Waals surface area contributed by atoms with Crippen molar-refractivity contribution in [3.63, 3.8) is 0 Å². The molecule has 1 unspecified atom stereocenters. The summed E-state index contributed by atoms with van der Waals surface area (Å²) in [5.41, 5.74) is 7.11. The normalized spacial score (nSPS) is 19.1. The Morgan fingerprint density at radius 1 is 1.26 bits per heavy atom. The molecule has 1 atom stereocenters. The van der Waals surface area contributed by atoms with Gasteiger partial charge in [0, 0.05) is 23.1 Å². The van der Waals surface area contributed by atoms with Crippen molar-refractivity contribution < 1.29 is 0 Å². The first-order valence-electron chi connectivity index (χ1n) is 7.12. The first-order valence-corrected chi connectivity index (χ1v) is 8.29. The standard InChI is InChI=1S/C15H22BrClN2/c16-13-8-7-11(9-14(13)17)15(10-18)19-12-5-3-1-2-4-6-12/h7-9,12,15,19H,1-6,10,18H2. The smallest absolute Gasteiger partial charge is 0.0551 e. The first-order chi connectivity index (χ1) is 9.20. The number of benzene rings is 1. The number of rotatable bonds is 4. The number of hydrogen-bond acceptors (Lipinski definition) is 2. The van der Waals surface area contributed by atoms with Crippen LogP contribution in [0.5, 0.6) is 0 Å². The molecule has 1 aliphatic carbocycles. The molecule has 0 amide bonds. The monoisotopic (exact) mass is 344 g/mol. The molecule has 19 heavy (non-hydrogen) atoms. The molecular formula is C15H22BrClN2. The Labute approximate surface area is 129 Å². The second-order valence-electron chi connectivity index (χ2n) is 5.32. The minimum Gasteiger partial charge on any atom is -0.329 e. The Morgan fingerprint density at radius 3 is 2.53 bits per heavy atom. The molecule has 2 nitrogen and oxygen atoms in total. The summed E-state index contributed by atoms with van der Waals surface area (Å²) in [6.45, 7) is 0.606. The van der Waals surface area contributed by atoms with E-state index in [1.165, 1.54) is 44.1 Å². The fourth-order valence-electron chi connectivity index (χ4n) is 2.76. The number of nitrogens with two attached hydrogens (primary N) is 1. The minimum absolute atomic E-state index is 0.202. The van der Waals surface area contributed by atoms with Gasteiger partial charge in [-0.3, -0.25) is 0 Å². The predicted molar refractivity (Wildman–Crippen MR) is 85.6 cm³/mol. The molecule has 1 aromatic carbocycles. The fourth-order valence-corrected chi connectivity index (χ4v) is 3.20. The second-order valence-corrected chi connectivity index (χ2v) is 6.58. The van der Waals surface area contributed by atoms with Crippen LogP contribution in [0, 0.1) is 0 Å². The van der Waals surface area contributed by atoms with Gasteiger partial charge in [-0.2, -0.15) is 0 Å². The van der Waals surface area contributed by atoms with E-state index in [4.69, 9.17) is 17.3 Å². The Morgan fingerprint density at radius 2 is 1.95 bits per heavy atom. The fraction of sp³-hybridized carbons (Fsp3) is 0.600. The van der Waals surface area contributed by atoms with Gasteiger partial charge in [0.05, 0.1) is 5.02 Å². The summed E-state index contributed by atoms with van der Waals surface area (Å²) in [6, 6.07) is 6.89. The zero-order valence-electron chi connectivity index (χ0n) is 11.2. The van der Waals surface area contributed by atoms with Crippen LogP contribution in [0.3, 0.4) is 0 Å². The number of hydrogen-bond donors (Lipinski definition) is 2. The lowest BCUT2D eigenvalue weighted by Crippen LogP contribution is -2.36. The number of nitrogens with one attached hydrogen (secondary N) is 1. The van der Waals surface area contributed by atoms with E-state index in [1.807, 2.05) is 12.1 Å². The van der Waals surface area contributed by atoms with E-state index in [1.54, 1.807) is 0 Å². The SMILES string of the molecule is NCC(NC1CCCCCC1)c1ccc(Br)c(Cl)c1. The van der Waals surface area contributed by atoms with Gasteiger partial charge in [0.2, 0.25) is 0 Å². The summed E-state index contributed by atoms with van der Waals surface area (Å²) in [7, 11) is 0. The van der Waals surface area contributed by atoms with Crippen molar-refractivity contribution in [3.8, 4) is 0 Å². The van der Waals surface area contributed by atoms with Gasteiger partial charge in [0.1, 0.15) is 0 Å². The van der Waals surface area contributed by atoms with Crippen molar-refractivity contribution in [1.29, 1.82) is 0 Å². The molecule has 1 aromatic rings. The van der Waals surface area contributed by atoms with Crippen LogP contribution in [0.4, 0.5) is 0 Å². The van der Waals surface area contributed by atoms with E-state index in [0.29, 0.717) is 12.6 Å². The van der Waals surface area contributed by atoms with Crippen molar-refractivity contribution in [2.24, 2.45) is 5.73 Å². The van der Waals surface area contributed by atoms with Crippen LogP contribution >= 0.6 is 27.5 Å². The molecule has 1 saturated carbocycles. The van der Waals surface area contributed by atoms with Gasteiger partial charge in [-0.25, -0.2) is 0 Å². The van der Waals surface area contributed by atoms with E-state index in [0.717, 1.165) is 9.50 Å². The molecule has 1 fully saturated rings. The van der Waals surface area contributed by atoms with Crippen molar-refractivity contribution >= 4 is 27.5 Å². The molecule has 3 N–H and O–H groups in total. The van der Waals surface area contributed by atoms with Crippen LogP contribution < -0.4 is 11.1 Å². The van der Waals surface area contributed by atoms with Crippen LogP contribution in [0.2, 0.25) is 5.02 Å². The molecule has 0 radical (unpaired) electrons.